The summed E-state index contributed by atoms with van der Waals surface area (Å²) in [5, 5.41) is 2.87. The summed E-state index contributed by atoms with van der Waals surface area (Å²) in [7, 11) is 3.38. The maximum Gasteiger partial charge on any atom is 0.291 e. The van der Waals surface area contributed by atoms with Gasteiger partial charge in [0.25, 0.3) is 11.8 Å². The van der Waals surface area contributed by atoms with E-state index in [1.165, 1.54) is 0 Å². The Morgan fingerprint density at radius 2 is 2.14 bits per heavy atom. The lowest BCUT2D eigenvalue weighted by Gasteiger charge is -2.19. The molecule has 0 bridgehead atoms. The number of hydrogen-bond acceptors (Lipinski definition) is 4. The number of ether oxygens (including phenoxy) is 1. The normalized spacial score (nSPS) is 13.0. The smallest absolute Gasteiger partial charge is 0.291 e. The third kappa shape index (κ3) is 4.18. The molecule has 1 aliphatic heterocycles. The Bertz CT molecular complexity index is 859. The molecular formula is C21H28N4O3. The lowest BCUT2D eigenvalue weighted by Crippen LogP contribution is -2.29. The summed E-state index contributed by atoms with van der Waals surface area (Å²) >= 11 is 0. The van der Waals surface area contributed by atoms with Crippen LogP contribution in [0.3, 0.4) is 0 Å². The molecule has 0 saturated carbocycles. The predicted molar refractivity (Wildman–Crippen MR) is 108 cm³/mol. The monoisotopic (exact) mass is 384 g/mol. The Morgan fingerprint density at radius 3 is 2.89 bits per heavy atom. The van der Waals surface area contributed by atoms with Crippen molar-refractivity contribution in [3.8, 4) is 5.75 Å². The molecule has 7 nitrogen and oxygen atoms in total. The van der Waals surface area contributed by atoms with Crippen molar-refractivity contribution in [2.24, 2.45) is 0 Å². The Hall–Kier alpha value is -2.83. The van der Waals surface area contributed by atoms with Gasteiger partial charge in [0, 0.05) is 31.9 Å². The fourth-order valence-corrected chi connectivity index (χ4v) is 3.45. The van der Waals surface area contributed by atoms with Gasteiger partial charge in [-0.1, -0.05) is 19.4 Å². The maximum atomic E-state index is 12.9. The second kappa shape index (κ2) is 8.91. The molecule has 2 heterocycles. The zero-order valence-corrected chi connectivity index (χ0v) is 16.8. The average Bonchev–Trinajstić information content (AvgIpc) is 3.11. The summed E-state index contributed by atoms with van der Waals surface area (Å²) in [6.45, 7) is 3.49. The third-order valence-electron chi connectivity index (χ3n) is 5.04. The van der Waals surface area contributed by atoms with Crippen molar-refractivity contribution in [3.63, 3.8) is 0 Å². The van der Waals surface area contributed by atoms with E-state index in [0.717, 1.165) is 37.8 Å². The molecule has 0 unspecified atom stereocenters. The molecule has 0 atom stereocenters. The molecule has 1 aliphatic rings. The van der Waals surface area contributed by atoms with E-state index in [1.807, 2.05) is 16.7 Å². The van der Waals surface area contributed by atoms with Crippen molar-refractivity contribution in [1.82, 2.24) is 14.5 Å². The van der Waals surface area contributed by atoms with Gasteiger partial charge in [-0.2, -0.15) is 0 Å². The minimum absolute atomic E-state index is 0.112. The number of nitrogens with zero attached hydrogens (tertiary/aromatic N) is 3. The van der Waals surface area contributed by atoms with Gasteiger partial charge in [0.05, 0.1) is 12.8 Å². The second-order valence-corrected chi connectivity index (χ2v) is 7.11. The largest absolute Gasteiger partial charge is 0.497 e. The fraction of sp³-hybridized carbons (Fsp3) is 0.476. The van der Waals surface area contributed by atoms with Crippen LogP contribution in [-0.4, -0.2) is 47.0 Å². The van der Waals surface area contributed by atoms with Gasteiger partial charge in [0.2, 0.25) is 0 Å². The van der Waals surface area contributed by atoms with Crippen molar-refractivity contribution in [2.75, 3.05) is 26.0 Å². The molecular weight excluding hydrogens is 356 g/mol. The van der Waals surface area contributed by atoms with Crippen LogP contribution in [0.1, 0.15) is 59.4 Å². The van der Waals surface area contributed by atoms with Crippen molar-refractivity contribution < 1.29 is 14.3 Å². The van der Waals surface area contributed by atoms with E-state index in [-0.39, 0.29) is 11.8 Å². The van der Waals surface area contributed by atoms with Gasteiger partial charge in [-0.05, 0) is 37.8 Å². The predicted octanol–water partition coefficient (Wildman–Crippen LogP) is 3.35. The highest BCUT2D eigenvalue weighted by Gasteiger charge is 2.28. The number of aromatic nitrogens is 2. The Kier molecular flexibility index (Phi) is 6.34. The number of imidazole rings is 1. The van der Waals surface area contributed by atoms with Crippen LogP contribution in [0, 0.1) is 0 Å². The number of fused-ring (bicyclic) bond motifs is 1. The number of carbonyl (C=O) groups is 2. The molecule has 1 aromatic heterocycles. The van der Waals surface area contributed by atoms with E-state index in [1.54, 1.807) is 31.2 Å². The third-order valence-corrected chi connectivity index (χ3v) is 5.04. The average molecular weight is 384 g/mol. The van der Waals surface area contributed by atoms with Gasteiger partial charge >= 0.3 is 0 Å². The Labute approximate surface area is 165 Å². The van der Waals surface area contributed by atoms with Crippen molar-refractivity contribution in [3.05, 3.63) is 41.5 Å². The summed E-state index contributed by atoms with van der Waals surface area (Å²) < 4.78 is 7.11. The number of methoxy groups -OCH3 is 1. The zero-order valence-electron chi connectivity index (χ0n) is 16.8. The van der Waals surface area contributed by atoms with E-state index < -0.39 is 0 Å². The second-order valence-electron chi connectivity index (χ2n) is 7.11. The summed E-state index contributed by atoms with van der Waals surface area (Å²) in [5.74, 6) is 0.535. The van der Waals surface area contributed by atoms with E-state index in [0.29, 0.717) is 36.0 Å². The van der Waals surface area contributed by atoms with Crippen LogP contribution in [0.25, 0.3) is 0 Å². The first-order valence-corrected chi connectivity index (χ1v) is 9.85. The first-order valence-electron chi connectivity index (χ1n) is 9.85. The molecule has 28 heavy (non-hydrogen) atoms. The number of carbonyl (C=O) groups excluding carboxylic acids is 2. The molecule has 0 fully saturated rings. The van der Waals surface area contributed by atoms with E-state index in [4.69, 9.17) is 4.74 Å². The molecule has 2 aromatic rings. The van der Waals surface area contributed by atoms with E-state index >= 15 is 0 Å². The van der Waals surface area contributed by atoms with Crippen molar-refractivity contribution in [2.45, 2.75) is 45.6 Å². The first kappa shape index (κ1) is 19.9. The molecule has 150 valence electrons. The first-order chi connectivity index (χ1) is 13.5. The number of benzene rings is 1. The highest BCUT2D eigenvalue weighted by molar-refractivity contribution is 6.03. The number of rotatable bonds is 7. The molecule has 7 heteroatoms. The Balaban J connectivity index is 1.87. The summed E-state index contributed by atoms with van der Waals surface area (Å²) in [4.78, 5) is 32.0. The van der Waals surface area contributed by atoms with Crippen LogP contribution in [0.4, 0.5) is 5.69 Å². The maximum absolute atomic E-state index is 12.9. The number of amides is 2. The van der Waals surface area contributed by atoms with Gasteiger partial charge in [-0.15, -0.1) is 0 Å². The molecule has 2 amide bonds. The summed E-state index contributed by atoms with van der Waals surface area (Å²) in [6.07, 6.45) is 4.71. The fourth-order valence-electron chi connectivity index (χ4n) is 3.45. The van der Waals surface area contributed by atoms with Gasteiger partial charge in [0.1, 0.15) is 11.4 Å². The van der Waals surface area contributed by atoms with E-state index in [2.05, 4.69) is 17.2 Å². The van der Waals surface area contributed by atoms with Crippen LogP contribution < -0.4 is 10.1 Å². The minimum atomic E-state index is -0.313. The lowest BCUT2D eigenvalue weighted by molar-refractivity contribution is 0.0786. The Morgan fingerprint density at radius 1 is 1.32 bits per heavy atom. The molecule has 1 aromatic carbocycles. The van der Waals surface area contributed by atoms with E-state index in [9.17, 15) is 9.59 Å². The number of anilines is 1. The van der Waals surface area contributed by atoms with Crippen LogP contribution >= 0.6 is 0 Å². The number of nitrogens with one attached hydrogen (secondary N) is 1. The highest BCUT2D eigenvalue weighted by Crippen LogP contribution is 2.24. The molecule has 3 rings (SSSR count). The SMILES string of the molecule is CCCCN(C)C(=O)c1nc(C(=O)Nc2cccc(OC)c2)n2c1CCCC2. The molecule has 0 spiro atoms. The van der Waals surface area contributed by atoms with Crippen molar-refractivity contribution in [1.29, 1.82) is 0 Å². The van der Waals surface area contributed by atoms with Crippen LogP contribution in [0.5, 0.6) is 5.75 Å². The van der Waals surface area contributed by atoms with Crippen LogP contribution in [0.2, 0.25) is 0 Å². The molecule has 0 aliphatic carbocycles. The standard InChI is InChI=1S/C21H28N4O3/c1-4-5-12-24(2)21(27)18-17-11-6-7-13-25(17)19(23-18)20(26)22-15-9-8-10-16(14-15)28-3/h8-10,14H,4-7,11-13H2,1-3H3,(H,22,26). The number of hydrogen-bond donors (Lipinski definition) is 1. The quantitative estimate of drug-likeness (QED) is 0.794. The lowest BCUT2D eigenvalue weighted by atomic mass is 10.1. The van der Waals surface area contributed by atoms with Gasteiger partial charge < -0.3 is 19.5 Å². The van der Waals surface area contributed by atoms with Gasteiger partial charge in [0.15, 0.2) is 5.82 Å². The molecule has 0 radical (unpaired) electrons. The minimum Gasteiger partial charge on any atom is -0.497 e. The number of unbranched alkanes of at least 4 members (excludes halogenated alkanes) is 1. The van der Waals surface area contributed by atoms with Crippen LogP contribution in [0.15, 0.2) is 24.3 Å². The summed E-state index contributed by atoms with van der Waals surface area (Å²) in [5.41, 5.74) is 1.91. The highest BCUT2D eigenvalue weighted by atomic mass is 16.5. The molecule has 1 N–H and O–H groups in total. The van der Waals surface area contributed by atoms with Gasteiger partial charge in [-0.3, -0.25) is 9.59 Å². The zero-order chi connectivity index (χ0) is 20.1. The summed E-state index contributed by atoms with van der Waals surface area (Å²) in [6, 6.07) is 7.18. The topological polar surface area (TPSA) is 76.5 Å². The molecule has 0 saturated heterocycles. The van der Waals surface area contributed by atoms with Crippen molar-refractivity contribution >= 4 is 17.5 Å². The van der Waals surface area contributed by atoms with Gasteiger partial charge in [-0.25, -0.2) is 4.98 Å². The van der Waals surface area contributed by atoms with Crippen LogP contribution in [-0.2, 0) is 13.0 Å².